The van der Waals surface area contributed by atoms with Crippen molar-refractivity contribution in [3.05, 3.63) is 69.8 Å². The molecule has 20 nitrogen and oxygen atoms in total. The second-order valence-electron chi connectivity index (χ2n) is 23.6. The Bertz CT molecular complexity index is 1600. The van der Waals surface area contributed by atoms with E-state index in [1.165, 1.54) is 33.4 Å². The van der Waals surface area contributed by atoms with Crippen LogP contribution < -0.4 is 74.4 Å². The highest BCUT2D eigenvalue weighted by atomic mass is 16.5. The predicted octanol–water partition coefficient (Wildman–Crippen LogP) is -0.0252. The van der Waals surface area contributed by atoms with Gasteiger partial charge in [-0.2, -0.15) is 0 Å². The van der Waals surface area contributed by atoms with Crippen molar-refractivity contribution < 1.29 is 18.9 Å². The van der Waals surface area contributed by atoms with Crippen molar-refractivity contribution in [1.29, 1.82) is 0 Å². The fraction of sp³-hybridized carbons (Fsp3) is 0.806. The summed E-state index contributed by atoms with van der Waals surface area (Å²) in [5.74, 6) is 0. The van der Waals surface area contributed by atoms with Gasteiger partial charge in [-0.25, -0.2) is 0 Å². The molecular weight excluding hydrogens is 1030 g/mol. The van der Waals surface area contributed by atoms with Crippen LogP contribution in [0.15, 0.2) is 36.4 Å². The van der Waals surface area contributed by atoms with E-state index in [1.54, 1.807) is 0 Å². The second-order valence-corrected chi connectivity index (χ2v) is 23.6. The predicted molar refractivity (Wildman–Crippen MR) is 335 cm³/mol. The van der Waals surface area contributed by atoms with Crippen LogP contribution in [0.25, 0.3) is 0 Å². The van der Waals surface area contributed by atoms with Crippen LogP contribution in [0.2, 0.25) is 0 Å². The van der Waals surface area contributed by atoms with Crippen molar-refractivity contribution in [1.82, 2.24) is 84.2 Å². The molecule has 82 heavy (non-hydrogen) atoms. The first-order chi connectivity index (χ1) is 40.7. The van der Waals surface area contributed by atoms with Gasteiger partial charge in [0.15, 0.2) is 0 Å². The quantitative estimate of drug-likeness (QED) is 0.107. The van der Waals surface area contributed by atoms with Gasteiger partial charge >= 0.3 is 0 Å². The van der Waals surface area contributed by atoms with E-state index in [2.05, 4.69) is 121 Å². The number of benzene rings is 2. The van der Waals surface area contributed by atoms with Gasteiger partial charge in [0.25, 0.3) is 0 Å². The largest absolute Gasteiger partial charge is 0.371 e. The van der Waals surface area contributed by atoms with E-state index >= 15 is 0 Å². The van der Waals surface area contributed by atoms with Gasteiger partial charge in [0.2, 0.25) is 0 Å². The Labute approximate surface area is 495 Å². The van der Waals surface area contributed by atoms with E-state index in [-0.39, 0.29) is 24.4 Å². The van der Waals surface area contributed by atoms with Gasteiger partial charge in [0.05, 0.1) is 50.8 Å². The molecule has 5 aliphatic rings. The van der Waals surface area contributed by atoms with Gasteiger partial charge in [-0.05, 0) is 189 Å². The molecule has 0 aliphatic carbocycles. The van der Waals surface area contributed by atoms with Crippen molar-refractivity contribution >= 4 is 0 Å². The van der Waals surface area contributed by atoms with Crippen molar-refractivity contribution in [3.63, 3.8) is 0 Å². The normalized spacial score (nSPS) is 23.1. The van der Waals surface area contributed by atoms with Gasteiger partial charge in [0, 0.05) is 118 Å². The molecule has 2 aromatic carbocycles. The monoisotopic (exact) mass is 1150 g/mol. The lowest BCUT2D eigenvalue weighted by molar-refractivity contribution is 0.0379. The Morgan fingerprint density at radius 3 is 0.646 bits per heavy atom. The third kappa shape index (κ3) is 30.8. The van der Waals surface area contributed by atoms with Crippen LogP contribution in [-0.2, 0) is 58.5 Å². The summed E-state index contributed by atoms with van der Waals surface area (Å²) in [6.45, 7) is 34.8. The fourth-order valence-corrected chi connectivity index (χ4v) is 11.4. The highest BCUT2D eigenvalue weighted by molar-refractivity contribution is 5.31. The van der Waals surface area contributed by atoms with Crippen molar-refractivity contribution in [2.45, 2.75) is 115 Å². The number of hydrogen-bond donors (Lipinski definition) is 14. The molecule has 2 aromatic rings. The maximum absolute atomic E-state index is 6.74. The number of nitrogens with zero attached hydrogens (tertiary/aromatic N) is 2. The highest BCUT2D eigenvalue weighted by Crippen LogP contribution is 2.19. The van der Waals surface area contributed by atoms with E-state index < -0.39 is 0 Å². The average Bonchev–Trinajstić information content (AvgIpc) is 3.48. The molecule has 468 valence electrons. The minimum Gasteiger partial charge on any atom is -0.371 e. The minimum atomic E-state index is 0.0988. The maximum atomic E-state index is 6.74. The molecule has 7 rings (SSSR count). The topological polar surface area (TPSA) is 212 Å². The number of ether oxygens (including phenoxy) is 4. The van der Waals surface area contributed by atoms with Crippen LogP contribution in [0.3, 0.4) is 0 Å². The average molecular weight is 1150 g/mol. The second kappa shape index (κ2) is 44.1. The molecule has 0 saturated carbocycles. The third-order valence-corrected chi connectivity index (χ3v) is 16.0. The third-order valence-electron chi connectivity index (χ3n) is 16.0. The van der Waals surface area contributed by atoms with Crippen LogP contribution in [0.4, 0.5) is 0 Å². The van der Waals surface area contributed by atoms with Crippen LogP contribution in [0.1, 0.15) is 84.7 Å². The molecular formula is C62H116N16O4. The van der Waals surface area contributed by atoms with Crippen molar-refractivity contribution in [3.8, 4) is 0 Å². The molecule has 5 heterocycles. The first-order valence-corrected chi connectivity index (χ1v) is 32.7. The van der Waals surface area contributed by atoms with Crippen LogP contribution in [-0.4, -0.2) is 244 Å². The summed E-state index contributed by atoms with van der Waals surface area (Å²) < 4.78 is 26.9. The molecule has 0 atom stereocenters. The SMILES string of the molecule is c1c(COC2CNCCCNCCCNC2)cc(CN2CCNCCN(Cc3cc(COC4CNCCCNCCCNC4)cc(COC4CNCCCNCCCNC4)c3)CCNCC2)cc1COC1CNCCCNCCCNC1. The maximum Gasteiger partial charge on any atom is 0.0828 e. The van der Waals surface area contributed by atoms with Gasteiger partial charge in [-0.15, -0.1) is 0 Å². The van der Waals surface area contributed by atoms with Crippen LogP contribution in [0.5, 0.6) is 0 Å². The van der Waals surface area contributed by atoms with E-state index in [0.717, 1.165) is 274 Å². The van der Waals surface area contributed by atoms with Crippen LogP contribution in [0, 0.1) is 0 Å². The lowest BCUT2D eigenvalue weighted by atomic mass is 10.1. The summed E-state index contributed by atoms with van der Waals surface area (Å²) in [5, 5.41) is 51.2. The zero-order valence-electron chi connectivity index (χ0n) is 50.8. The molecule has 0 amide bonds. The van der Waals surface area contributed by atoms with E-state index in [1.807, 2.05) is 0 Å². The first-order valence-electron chi connectivity index (χ1n) is 32.7. The van der Waals surface area contributed by atoms with Gasteiger partial charge in [-0.3, -0.25) is 9.80 Å². The van der Waals surface area contributed by atoms with Gasteiger partial charge in [0.1, 0.15) is 0 Å². The Balaban J connectivity index is 0.966. The molecule has 20 heteroatoms. The van der Waals surface area contributed by atoms with Gasteiger partial charge in [-0.1, -0.05) is 36.4 Å². The first kappa shape index (κ1) is 67.2. The molecule has 5 fully saturated rings. The summed E-state index contributed by atoms with van der Waals surface area (Å²) in [7, 11) is 0. The van der Waals surface area contributed by atoms with Crippen molar-refractivity contribution in [2.24, 2.45) is 0 Å². The molecule has 0 unspecified atom stereocenters. The molecule has 0 aromatic heterocycles. The minimum absolute atomic E-state index is 0.0988. The number of hydrogen-bond acceptors (Lipinski definition) is 20. The van der Waals surface area contributed by atoms with Crippen molar-refractivity contribution in [2.75, 3.05) is 209 Å². The Kier molecular flexibility index (Phi) is 36.1. The standard InChI is InChI=1S/C62H116N16O4/c1-9-63-10-2-18-70-40-59(39-69-17-1)79-49-55-33-53(34-56(37-55)50-80-60-41-71-19-3-11-64-12-4-20-72-42-60)47-77-29-25-67-27-31-78(32-28-68-26-30-77)48-54-35-57(51-81-61-43-73-21-5-13-65-14-6-22-74-44-61)38-58(36-54)52-82-62-45-75-23-7-15-66-16-8-24-76-46-62/h33-38,59-76H,1-32,39-52H2. The van der Waals surface area contributed by atoms with E-state index in [9.17, 15) is 0 Å². The highest BCUT2D eigenvalue weighted by Gasteiger charge is 2.18. The molecule has 14 N–H and O–H groups in total. The Morgan fingerprint density at radius 2 is 0.427 bits per heavy atom. The number of rotatable bonds is 16. The molecule has 5 saturated heterocycles. The lowest BCUT2D eigenvalue weighted by Gasteiger charge is -2.27. The van der Waals surface area contributed by atoms with Crippen LogP contribution >= 0.6 is 0 Å². The van der Waals surface area contributed by atoms with E-state index in [0.29, 0.717) is 26.4 Å². The summed E-state index contributed by atoms with van der Waals surface area (Å²) in [5.41, 5.74) is 7.51. The lowest BCUT2D eigenvalue weighted by Crippen LogP contribution is -2.42. The fourth-order valence-electron chi connectivity index (χ4n) is 11.4. The Hall–Kier alpha value is -2.36. The summed E-state index contributed by atoms with van der Waals surface area (Å²) in [4.78, 5) is 5.23. The summed E-state index contributed by atoms with van der Waals surface area (Å²) in [6, 6.07) is 14.2. The molecule has 5 aliphatic heterocycles. The Morgan fingerprint density at radius 1 is 0.244 bits per heavy atom. The van der Waals surface area contributed by atoms with Gasteiger partial charge < -0.3 is 93.4 Å². The molecule has 0 radical (unpaired) electrons. The van der Waals surface area contributed by atoms with E-state index in [4.69, 9.17) is 18.9 Å². The molecule has 0 bridgehead atoms. The number of nitrogens with one attached hydrogen (secondary N) is 14. The molecule has 0 spiro atoms. The zero-order valence-corrected chi connectivity index (χ0v) is 50.8. The summed E-state index contributed by atoms with van der Waals surface area (Å²) >= 11 is 0. The smallest absolute Gasteiger partial charge is 0.0828 e. The summed E-state index contributed by atoms with van der Waals surface area (Å²) in [6.07, 6.45) is 9.43. The zero-order chi connectivity index (χ0) is 56.4.